The summed E-state index contributed by atoms with van der Waals surface area (Å²) in [4.78, 5) is 14.3. The maximum Gasteiger partial charge on any atom is 0.410 e. The lowest BCUT2D eigenvalue weighted by Crippen LogP contribution is -2.50. The molecule has 2 atom stereocenters. The first-order valence-corrected chi connectivity index (χ1v) is 9.38. The van der Waals surface area contributed by atoms with Crippen LogP contribution in [-0.2, 0) is 16.1 Å². The average Bonchev–Trinajstić information content (AvgIpc) is 2.83. The number of rotatable bonds is 5. The van der Waals surface area contributed by atoms with Crippen LogP contribution in [0.25, 0.3) is 0 Å². The number of ether oxygens (including phenoxy) is 3. The van der Waals surface area contributed by atoms with Crippen LogP contribution in [0.4, 0.5) is 13.6 Å². The summed E-state index contributed by atoms with van der Waals surface area (Å²) in [5.74, 6) is 0.140. The van der Waals surface area contributed by atoms with E-state index in [-0.39, 0.29) is 36.6 Å². The van der Waals surface area contributed by atoms with E-state index in [9.17, 15) is 13.6 Å². The molecule has 2 aliphatic heterocycles. The van der Waals surface area contributed by atoms with Crippen molar-refractivity contribution in [1.82, 2.24) is 4.90 Å². The number of fused-ring (bicyclic) bond motifs is 2. The lowest BCUT2D eigenvalue weighted by molar-refractivity contribution is -0.0550. The fourth-order valence-electron chi connectivity index (χ4n) is 3.92. The van der Waals surface area contributed by atoms with Crippen molar-refractivity contribution >= 4 is 6.09 Å². The molecule has 27 heavy (non-hydrogen) atoms. The van der Waals surface area contributed by atoms with Gasteiger partial charge in [-0.1, -0.05) is 18.2 Å². The van der Waals surface area contributed by atoms with Gasteiger partial charge in [-0.2, -0.15) is 8.78 Å². The standard InChI is InChI=1S/C20H27F2NO4/c1-20(2,3)27-19(24)23-14-8-9-15(23)11-16(10-14)25-12-13-6-4-5-7-17(13)26-18(21)22/h4-7,14-16,18H,8-12H2,1-3H3. The van der Waals surface area contributed by atoms with E-state index in [0.717, 1.165) is 25.7 Å². The summed E-state index contributed by atoms with van der Waals surface area (Å²) < 4.78 is 41.1. The summed E-state index contributed by atoms with van der Waals surface area (Å²) >= 11 is 0. The molecule has 2 saturated heterocycles. The molecule has 150 valence electrons. The average molecular weight is 383 g/mol. The number of carbonyl (C=O) groups is 1. The van der Waals surface area contributed by atoms with Crippen LogP contribution in [0, 0.1) is 0 Å². The Morgan fingerprint density at radius 3 is 2.41 bits per heavy atom. The smallest absolute Gasteiger partial charge is 0.410 e. The van der Waals surface area contributed by atoms with Crippen molar-refractivity contribution in [1.29, 1.82) is 0 Å². The number of piperidine rings is 1. The molecule has 1 aromatic rings. The second kappa shape index (κ2) is 8.00. The predicted octanol–water partition coefficient (Wildman–Crippen LogP) is 4.74. The van der Waals surface area contributed by atoms with Crippen molar-refractivity contribution in [3.05, 3.63) is 29.8 Å². The molecule has 7 heteroatoms. The number of benzene rings is 1. The SMILES string of the molecule is CC(C)(C)OC(=O)N1C2CCC1CC(OCc1ccccc1OC(F)F)C2. The third kappa shape index (κ3) is 5.09. The van der Waals surface area contributed by atoms with Gasteiger partial charge in [-0.25, -0.2) is 4.79 Å². The van der Waals surface area contributed by atoms with Crippen LogP contribution in [0.3, 0.4) is 0 Å². The van der Waals surface area contributed by atoms with Gasteiger partial charge in [-0.15, -0.1) is 0 Å². The monoisotopic (exact) mass is 383 g/mol. The zero-order chi connectivity index (χ0) is 19.6. The molecule has 2 fully saturated rings. The minimum absolute atomic E-state index is 0.0132. The molecule has 3 rings (SSSR count). The van der Waals surface area contributed by atoms with E-state index in [1.165, 1.54) is 6.07 Å². The highest BCUT2D eigenvalue weighted by Crippen LogP contribution is 2.38. The Morgan fingerprint density at radius 1 is 1.19 bits per heavy atom. The Kier molecular flexibility index (Phi) is 5.89. The van der Waals surface area contributed by atoms with E-state index in [1.54, 1.807) is 18.2 Å². The van der Waals surface area contributed by atoms with Crippen LogP contribution in [0.1, 0.15) is 52.0 Å². The minimum Gasteiger partial charge on any atom is -0.444 e. The Bertz CT molecular complexity index is 648. The number of para-hydroxylation sites is 1. The van der Waals surface area contributed by atoms with Gasteiger partial charge in [0, 0.05) is 17.6 Å². The quantitative estimate of drug-likeness (QED) is 0.737. The number of amides is 1. The van der Waals surface area contributed by atoms with Gasteiger partial charge in [0.2, 0.25) is 0 Å². The topological polar surface area (TPSA) is 48.0 Å². The van der Waals surface area contributed by atoms with E-state index in [1.807, 2.05) is 25.7 Å². The van der Waals surface area contributed by atoms with Crippen LogP contribution < -0.4 is 4.74 Å². The number of carbonyl (C=O) groups excluding carboxylic acids is 1. The van der Waals surface area contributed by atoms with E-state index in [0.29, 0.717) is 5.56 Å². The van der Waals surface area contributed by atoms with Crippen molar-refractivity contribution in [2.45, 2.75) is 83.5 Å². The van der Waals surface area contributed by atoms with Crippen molar-refractivity contribution < 1.29 is 27.8 Å². The summed E-state index contributed by atoms with van der Waals surface area (Å²) in [5.41, 5.74) is 0.0814. The number of halogens is 2. The van der Waals surface area contributed by atoms with Gasteiger partial charge in [-0.05, 0) is 52.5 Å². The molecule has 0 radical (unpaired) electrons. The minimum atomic E-state index is -2.86. The van der Waals surface area contributed by atoms with Crippen LogP contribution >= 0.6 is 0 Å². The maximum atomic E-state index is 12.5. The lowest BCUT2D eigenvalue weighted by atomic mass is 10.00. The van der Waals surface area contributed by atoms with E-state index in [4.69, 9.17) is 9.47 Å². The molecule has 0 spiro atoms. The van der Waals surface area contributed by atoms with Crippen molar-refractivity contribution in [3.8, 4) is 5.75 Å². The number of alkyl halides is 2. The summed E-state index contributed by atoms with van der Waals surface area (Å²) in [6.45, 7) is 2.93. The van der Waals surface area contributed by atoms with Gasteiger partial charge >= 0.3 is 12.7 Å². The van der Waals surface area contributed by atoms with Gasteiger partial charge in [0.05, 0.1) is 12.7 Å². The third-order valence-electron chi connectivity index (χ3n) is 4.96. The van der Waals surface area contributed by atoms with E-state index >= 15 is 0 Å². The molecule has 2 unspecified atom stereocenters. The highest BCUT2D eigenvalue weighted by molar-refractivity contribution is 5.69. The first-order valence-electron chi connectivity index (χ1n) is 9.38. The fourth-order valence-corrected chi connectivity index (χ4v) is 3.92. The second-order valence-electron chi connectivity index (χ2n) is 8.16. The second-order valence-corrected chi connectivity index (χ2v) is 8.16. The molecule has 5 nitrogen and oxygen atoms in total. The van der Waals surface area contributed by atoms with E-state index in [2.05, 4.69) is 4.74 Å². The molecule has 0 aliphatic carbocycles. The maximum absolute atomic E-state index is 12.5. The number of hydrogen-bond donors (Lipinski definition) is 0. The molecule has 0 N–H and O–H groups in total. The zero-order valence-corrected chi connectivity index (χ0v) is 16.0. The highest BCUT2D eigenvalue weighted by Gasteiger charge is 2.45. The third-order valence-corrected chi connectivity index (χ3v) is 4.96. The van der Waals surface area contributed by atoms with Crippen molar-refractivity contribution in [2.24, 2.45) is 0 Å². The molecule has 1 aromatic carbocycles. The van der Waals surface area contributed by atoms with Gasteiger partial charge < -0.3 is 19.1 Å². The summed E-state index contributed by atoms with van der Waals surface area (Å²) in [5, 5.41) is 0. The molecule has 2 bridgehead atoms. The van der Waals surface area contributed by atoms with Crippen LogP contribution in [0.5, 0.6) is 5.75 Å². The molecule has 2 aliphatic rings. The Hall–Kier alpha value is -1.89. The number of nitrogens with zero attached hydrogens (tertiary/aromatic N) is 1. The fraction of sp³-hybridized carbons (Fsp3) is 0.650. The first-order chi connectivity index (χ1) is 12.7. The zero-order valence-electron chi connectivity index (χ0n) is 16.0. The van der Waals surface area contributed by atoms with Crippen molar-refractivity contribution in [3.63, 3.8) is 0 Å². The Labute approximate surface area is 158 Å². The van der Waals surface area contributed by atoms with Crippen molar-refractivity contribution in [2.75, 3.05) is 0 Å². The van der Waals surface area contributed by atoms with E-state index < -0.39 is 12.2 Å². The Morgan fingerprint density at radius 2 is 1.81 bits per heavy atom. The van der Waals surface area contributed by atoms with Gasteiger partial charge in [0.25, 0.3) is 0 Å². The largest absolute Gasteiger partial charge is 0.444 e. The van der Waals surface area contributed by atoms with Crippen LogP contribution in [0.2, 0.25) is 0 Å². The summed E-state index contributed by atoms with van der Waals surface area (Å²) in [6, 6.07) is 6.88. The molecule has 1 amide bonds. The van der Waals surface area contributed by atoms with Gasteiger partial charge in [0.1, 0.15) is 11.4 Å². The number of hydrogen-bond acceptors (Lipinski definition) is 4. The molecule has 0 saturated carbocycles. The van der Waals surface area contributed by atoms with Gasteiger partial charge in [0.15, 0.2) is 0 Å². The molecule has 2 heterocycles. The lowest BCUT2D eigenvalue weighted by Gasteiger charge is -2.39. The molecule has 0 aromatic heterocycles. The first kappa shape index (κ1) is 19.9. The van der Waals surface area contributed by atoms with Crippen LogP contribution in [-0.4, -0.2) is 41.4 Å². The summed E-state index contributed by atoms with van der Waals surface area (Å²) in [7, 11) is 0. The highest BCUT2D eigenvalue weighted by atomic mass is 19.3. The molecular formula is C20H27F2NO4. The van der Waals surface area contributed by atoms with Gasteiger partial charge in [-0.3, -0.25) is 0 Å². The Balaban J connectivity index is 1.57. The normalized spacial score (nSPS) is 25.0. The predicted molar refractivity (Wildman–Crippen MR) is 95.8 cm³/mol. The van der Waals surface area contributed by atoms with Crippen LogP contribution in [0.15, 0.2) is 24.3 Å². The summed E-state index contributed by atoms with van der Waals surface area (Å²) in [6.07, 6.45) is 3.07. The molecular weight excluding hydrogens is 356 g/mol.